The first-order valence-electron chi connectivity index (χ1n) is 5.81. The van der Waals surface area contributed by atoms with Crippen molar-refractivity contribution < 1.29 is 0 Å². The number of benzene rings is 1. The van der Waals surface area contributed by atoms with E-state index in [4.69, 9.17) is 11.6 Å². The van der Waals surface area contributed by atoms with E-state index in [1.807, 2.05) is 0 Å². The third-order valence-corrected chi connectivity index (χ3v) is 4.41. The molecule has 1 nitrogen and oxygen atoms in total. The summed E-state index contributed by atoms with van der Waals surface area (Å²) in [7, 11) is 0. The average Bonchev–Trinajstić information content (AvgIpc) is 2.93. The van der Waals surface area contributed by atoms with Crippen LogP contribution >= 0.6 is 22.9 Å². The molecule has 1 aliphatic carbocycles. The lowest BCUT2D eigenvalue weighted by atomic mass is 10.1. The SMILES string of the molecule is ClC1Cc2ccccc2C1NCc1ccsc1. The minimum absolute atomic E-state index is 0.172. The number of halogens is 1. The molecule has 2 atom stereocenters. The van der Waals surface area contributed by atoms with Gasteiger partial charge in [-0.15, -0.1) is 11.6 Å². The van der Waals surface area contributed by atoms with Crippen LogP contribution in [0.1, 0.15) is 22.7 Å². The van der Waals surface area contributed by atoms with E-state index in [-0.39, 0.29) is 11.4 Å². The molecule has 1 aromatic heterocycles. The highest BCUT2D eigenvalue weighted by Crippen LogP contribution is 2.34. The molecule has 3 rings (SSSR count). The van der Waals surface area contributed by atoms with Gasteiger partial charge in [0.05, 0.1) is 5.38 Å². The van der Waals surface area contributed by atoms with E-state index in [0.29, 0.717) is 0 Å². The lowest BCUT2D eigenvalue weighted by Gasteiger charge is -2.17. The fourth-order valence-electron chi connectivity index (χ4n) is 2.41. The van der Waals surface area contributed by atoms with Gasteiger partial charge in [0.1, 0.15) is 0 Å². The molecule has 0 fully saturated rings. The van der Waals surface area contributed by atoms with Gasteiger partial charge in [-0.2, -0.15) is 11.3 Å². The van der Waals surface area contributed by atoms with Crippen LogP contribution in [0.15, 0.2) is 41.1 Å². The van der Waals surface area contributed by atoms with Gasteiger partial charge in [0.15, 0.2) is 0 Å². The zero-order chi connectivity index (χ0) is 11.7. The van der Waals surface area contributed by atoms with Gasteiger partial charge in [0, 0.05) is 12.6 Å². The number of fused-ring (bicyclic) bond motifs is 1. The fourth-order valence-corrected chi connectivity index (χ4v) is 3.46. The van der Waals surface area contributed by atoms with Crippen molar-refractivity contribution >= 4 is 22.9 Å². The van der Waals surface area contributed by atoms with E-state index in [9.17, 15) is 0 Å². The van der Waals surface area contributed by atoms with Crippen LogP contribution in [0.5, 0.6) is 0 Å². The summed E-state index contributed by atoms with van der Waals surface area (Å²) in [5.41, 5.74) is 4.08. The van der Waals surface area contributed by atoms with Crippen LogP contribution in [0.3, 0.4) is 0 Å². The van der Waals surface area contributed by atoms with Crippen molar-refractivity contribution in [3.05, 3.63) is 57.8 Å². The van der Waals surface area contributed by atoms with Crippen LogP contribution in [-0.4, -0.2) is 5.38 Å². The summed E-state index contributed by atoms with van der Waals surface area (Å²) < 4.78 is 0. The predicted octanol–water partition coefficient (Wildman–Crippen LogP) is 3.74. The molecule has 1 aliphatic rings. The summed E-state index contributed by atoms with van der Waals surface area (Å²) in [6, 6.07) is 11.0. The number of alkyl halides is 1. The molecule has 2 unspecified atom stereocenters. The van der Waals surface area contributed by atoms with Crippen LogP contribution < -0.4 is 5.32 Å². The zero-order valence-corrected chi connectivity index (χ0v) is 11.0. The largest absolute Gasteiger partial charge is 0.305 e. The van der Waals surface area contributed by atoms with Gasteiger partial charge in [-0.3, -0.25) is 0 Å². The molecular weight excluding hydrogens is 250 g/mol. The number of thiophene rings is 1. The summed E-state index contributed by atoms with van der Waals surface area (Å²) in [4.78, 5) is 0. The van der Waals surface area contributed by atoms with E-state index in [0.717, 1.165) is 13.0 Å². The smallest absolute Gasteiger partial charge is 0.0571 e. The topological polar surface area (TPSA) is 12.0 Å². The highest BCUT2D eigenvalue weighted by Gasteiger charge is 2.29. The number of nitrogens with one attached hydrogen (secondary N) is 1. The van der Waals surface area contributed by atoms with E-state index in [1.165, 1.54) is 16.7 Å². The van der Waals surface area contributed by atoms with Gasteiger partial charge < -0.3 is 5.32 Å². The molecule has 1 N–H and O–H groups in total. The van der Waals surface area contributed by atoms with Crippen LogP contribution in [0.4, 0.5) is 0 Å². The second-order valence-corrected chi connectivity index (χ2v) is 5.75. The van der Waals surface area contributed by atoms with Crippen LogP contribution in [0.25, 0.3) is 0 Å². The molecule has 1 heterocycles. The van der Waals surface area contributed by atoms with E-state index < -0.39 is 0 Å². The van der Waals surface area contributed by atoms with E-state index >= 15 is 0 Å². The average molecular weight is 264 g/mol. The van der Waals surface area contributed by atoms with Crippen LogP contribution in [-0.2, 0) is 13.0 Å². The minimum Gasteiger partial charge on any atom is -0.305 e. The highest BCUT2D eigenvalue weighted by molar-refractivity contribution is 7.07. The molecule has 0 spiro atoms. The normalized spacial score (nSPS) is 22.6. The molecule has 17 heavy (non-hydrogen) atoms. The second-order valence-electron chi connectivity index (χ2n) is 4.41. The third-order valence-electron chi connectivity index (χ3n) is 3.27. The molecule has 3 heteroatoms. The Labute approximate surface area is 110 Å². The Morgan fingerprint density at radius 1 is 1.29 bits per heavy atom. The molecule has 88 valence electrons. The summed E-state index contributed by atoms with van der Waals surface area (Å²) in [5, 5.41) is 8.02. The predicted molar refractivity (Wildman–Crippen MR) is 73.7 cm³/mol. The molecule has 0 bridgehead atoms. The van der Waals surface area contributed by atoms with Crippen molar-refractivity contribution in [3.63, 3.8) is 0 Å². The summed E-state index contributed by atoms with van der Waals surface area (Å²) in [6.07, 6.45) is 0.971. The lowest BCUT2D eigenvalue weighted by Crippen LogP contribution is -2.25. The Balaban J connectivity index is 1.75. The minimum atomic E-state index is 0.172. The van der Waals surface area contributed by atoms with Crippen molar-refractivity contribution in [2.75, 3.05) is 0 Å². The standard InChI is InChI=1S/C14H14ClNS/c15-13-7-11-3-1-2-4-12(11)14(13)16-8-10-5-6-17-9-10/h1-6,9,13-14,16H,7-8H2. The Bertz CT molecular complexity index is 495. The maximum Gasteiger partial charge on any atom is 0.0571 e. The fraction of sp³-hybridized carbons (Fsp3) is 0.286. The molecule has 0 amide bonds. The monoisotopic (exact) mass is 263 g/mol. The summed E-state index contributed by atoms with van der Waals surface area (Å²) in [5.74, 6) is 0. The maximum atomic E-state index is 6.42. The van der Waals surface area contributed by atoms with Gasteiger partial charge >= 0.3 is 0 Å². The van der Waals surface area contributed by atoms with E-state index in [1.54, 1.807) is 11.3 Å². The Hall–Kier alpha value is -0.830. The van der Waals surface area contributed by atoms with E-state index in [2.05, 4.69) is 46.4 Å². The molecule has 0 saturated carbocycles. The molecule has 0 saturated heterocycles. The Morgan fingerprint density at radius 3 is 3.00 bits per heavy atom. The van der Waals surface area contributed by atoms with Gasteiger partial charge in [0.25, 0.3) is 0 Å². The van der Waals surface area contributed by atoms with Crippen molar-refractivity contribution in [2.45, 2.75) is 24.4 Å². The van der Waals surface area contributed by atoms with Crippen LogP contribution in [0, 0.1) is 0 Å². The number of hydrogen-bond acceptors (Lipinski definition) is 2. The molecule has 2 aromatic rings. The van der Waals surface area contributed by atoms with Crippen LogP contribution in [0.2, 0.25) is 0 Å². The summed E-state index contributed by atoms with van der Waals surface area (Å²) in [6.45, 7) is 0.895. The first kappa shape index (κ1) is 11.3. The molecule has 0 radical (unpaired) electrons. The van der Waals surface area contributed by atoms with Crippen molar-refractivity contribution in [1.29, 1.82) is 0 Å². The number of rotatable bonds is 3. The quantitative estimate of drug-likeness (QED) is 0.832. The Kier molecular flexibility index (Phi) is 3.19. The van der Waals surface area contributed by atoms with Crippen molar-refractivity contribution in [1.82, 2.24) is 5.32 Å². The first-order valence-corrected chi connectivity index (χ1v) is 7.19. The molecular formula is C14H14ClNS. The van der Waals surface area contributed by atoms with Gasteiger partial charge in [-0.05, 0) is 39.9 Å². The van der Waals surface area contributed by atoms with Gasteiger partial charge in [-0.1, -0.05) is 24.3 Å². The highest BCUT2D eigenvalue weighted by atomic mass is 35.5. The zero-order valence-electron chi connectivity index (χ0n) is 9.40. The van der Waals surface area contributed by atoms with Crippen molar-refractivity contribution in [3.8, 4) is 0 Å². The first-order chi connectivity index (χ1) is 8.34. The lowest BCUT2D eigenvalue weighted by molar-refractivity contribution is 0.536. The van der Waals surface area contributed by atoms with Crippen molar-refractivity contribution in [2.24, 2.45) is 0 Å². The third kappa shape index (κ3) is 2.25. The summed E-state index contributed by atoms with van der Waals surface area (Å²) >= 11 is 8.16. The maximum absolute atomic E-state index is 6.42. The molecule has 0 aliphatic heterocycles. The second kappa shape index (κ2) is 4.81. The molecule has 1 aromatic carbocycles. The van der Waals surface area contributed by atoms with Gasteiger partial charge in [0.2, 0.25) is 0 Å². The number of hydrogen-bond donors (Lipinski definition) is 1. The Morgan fingerprint density at radius 2 is 2.18 bits per heavy atom. The van der Waals surface area contributed by atoms with Gasteiger partial charge in [-0.25, -0.2) is 0 Å².